The number of carbonyl (C=O) groups is 2. The zero-order valence-electron chi connectivity index (χ0n) is 13.5. The fraction of sp³-hybridized carbons (Fsp3) is 0.471. The first-order chi connectivity index (χ1) is 11.5. The van der Waals surface area contributed by atoms with Gasteiger partial charge in [-0.25, -0.2) is 0 Å². The molecular formula is C17H19ClN4O2. The third kappa shape index (κ3) is 2.65. The fourth-order valence-electron chi connectivity index (χ4n) is 3.44. The van der Waals surface area contributed by atoms with Crippen LogP contribution >= 0.6 is 11.6 Å². The molecule has 1 aromatic carbocycles. The number of amides is 2. The van der Waals surface area contributed by atoms with Gasteiger partial charge in [0.15, 0.2) is 0 Å². The summed E-state index contributed by atoms with van der Waals surface area (Å²) in [7, 11) is 1.85. The van der Waals surface area contributed by atoms with E-state index in [1.807, 2.05) is 30.1 Å². The molecule has 2 fully saturated rings. The average Bonchev–Trinajstić information content (AvgIpc) is 3.25. The molecule has 24 heavy (non-hydrogen) atoms. The maximum absolute atomic E-state index is 12.4. The number of benzene rings is 1. The van der Waals surface area contributed by atoms with Crippen molar-refractivity contribution >= 4 is 34.3 Å². The lowest BCUT2D eigenvalue weighted by molar-refractivity contribution is -0.129. The van der Waals surface area contributed by atoms with Gasteiger partial charge in [-0.1, -0.05) is 17.7 Å². The van der Waals surface area contributed by atoms with Crippen LogP contribution in [0.25, 0.3) is 10.9 Å². The van der Waals surface area contributed by atoms with Gasteiger partial charge in [0.05, 0.1) is 28.7 Å². The Balaban J connectivity index is 1.45. The van der Waals surface area contributed by atoms with Crippen LogP contribution < -0.4 is 5.32 Å². The zero-order valence-corrected chi connectivity index (χ0v) is 14.2. The molecule has 0 spiro atoms. The fourth-order valence-corrected chi connectivity index (χ4v) is 3.72. The molecule has 2 heterocycles. The minimum absolute atomic E-state index is 0.0858. The van der Waals surface area contributed by atoms with Crippen LogP contribution in [-0.2, 0) is 23.2 Å². The molecule has 0 bridgehead atoms. The summed E-state index contributed by atoms with van der Waals surface area (Å²) in [6.07, 6.45) is 2.45. The van der Waals surface area contributed by atoms with Crippen LogP contribution in [0.15, 0.2) is 18.2 Å². The van der Waals surface area contributed by atoms with E-state index in [0.29, 0.717) is 30.6 Å². The molecule has 1 aliphatic carbocycles. The van der Waals surface area contributed by atoms with Crippen molar-refractivity contribution in [2.45, 2.75) is 31.8 Å². The second kappa shape index (κ2) is 5.77. The van der Waals surface area contributed by atoms with Gasteiger partial charge in [-0.2, -0.15) is 5.10 Å². The second-order valence-corrected chi connectivity index (χ2v) is 7.01. The molecule has 7 heteroatoms. The van der Waals surface area contributed by atoms with E-state index < -0.39 is 0 Å². The predicted molar refractivity (Wildman–Crippen MR) is 90.4 cm³/mol. The lowest BCUT2D eigenvalue weighted by Gasteiger charge is -2.15. The highest BCUT2D eigenvalue weighted by atomic mass is 35.5. The normalized spacial score (nSPS) is 20.8. The number of hydrogen-bond acceptors (Lipinski definition) is 3. The van der Waals surface area contributed by atoms with Crippen LogP contribution in [-0.4, -0.2) is 39.1 Å². The zero-order chi connectivity index (χ0) is 16.8. The minimum atomic E-state index is -0.261. The Bertz CT molecular complexity index is 827. The van der Waals surface area contributed by atoms with Crippen molar-refractivity contribution < 1.29 is 9.59 Å². The van der Waals surface area contributed by atoms with E-state index in [-0.39, 0.29) is 17.7 Å². The SMILES string of the molecule is Cn1nc(CNC(=O)C2CC(=O)N(C3CC3)C2)c2c(Cl)cccc21. The second-order valence-electron chi connectivity index (χ2n) is 6.60. The van der Waals surface area contributed by atoms with Gasteiger partial charge in [0.1, 0.15) is 0 Å². The van der Waals surface area contributed by atoms with Gasteiger partial charge in [0.25, 0.3) is 0 Å². The largest absolute Gasteiger partial charge is 0.350 e. The lowest BCUT2D eigenvalue weighted by Crippen LogP contribution is -2.33. The number of aryl methyl sites for hydroxylation is 1. The van der Waals surface area contributed by atoms with E-state index in [2.05, 4.69) is 10.4 Å². The summed E-state index contributed by atoms with van der Waals surface area (Å²) in [5.74, 6) is -0.245. The number of rotatable bonds is 4. The van der Waals surface area contributed by atoms with Crippen LogP contribution in [0.3, 0.4) is 0 Å². The summed E-state index contributed by atoms with van der Waals surface area (Å²) >= 11 is 6.28. The summed E-state index contributed by atoms with van der Waals surface area (Å²) in [6.45, 7) is 0.854. The Labute approximate surface area is 144 Å². The van der Waals surface area contributed by atoms with E-state index in [1.165, 1.54) is 0 Å². The van der Waals surface area contributed by atoms with Crippen molar-refractivity contribution in [2.24, 2.45) is 13.0 Å². The molecule has 1 aromatic heterocycles. The quantitative estimate of drug-likeness (QED) is 0.918. The summed E-state index contributed by atoms with van der Waals surface area (Å²) in [4.78, 5) is 26.3. The highest BCUT2D eigenvalue weighted by Crippen LogP contribution is 2.32. The van der Waals surface area contributed by atoms with Crippen molar-refractivity contribution in [2.75, 3.05) is 6.54 Å². The summed E-state index contributed by atoms with van der Waals surface area (Å²) in [6, 6.07) is 6.02. The number of hydrogen-bond donors (Lipinski definition) is 1. The van der Waals surface area contributed by atoms with Gasteiger partial charge in [0, 0.05) is 31.4 Å². The maximum atomic E-state index is 12.4. The Kier molecular flexibility index (Phi) is 3.72. The molecule has 1 aliphatic heterocycles. The molecule has 1 saturated carbocycles. The maximum Gasteiger partial charge on any atom is 0.225 e. The lowest BCUT2D eigenvalue weighted by atomic mass is 10.1. The highest BCUT2D eigenvalue weighted by molar-refractivity contribution is 6.35. The van der Waals surface area contributed by atoms with Gasteiger partial charge in [0.2, 0.25) is 11.8 Å². The molecule has 6 nitrogen and oxygen atoms in total. The van der Waals surface area contributed by atoms with Crippen LogP contribution in [0.5, 0.6) is 0 Å². The molecule has 4 rings (SSSR count). The number of aromatic nitrogens is 2. The van der Waals surface area contributed by atoms with E-state index in [1.54, 1.807) is 4.68 Å². The van der Waals surface area contributed by atoms with Crippen molar-refractivity contribution in [1.82, 2.24) is 20.0 Å². The Morgan fingerprint density at radius 2 is 2.21 bits per heavy atom. The summed E-state index contributed by atoms with van der Waals surface area (Å²) < 4.78 is 1.76. The Morgan fingerprint density at radius 3 is 2.96 bits per heavy atom. The van der Waals surface area contributed by atoms with Crippen molar-refractivity contribution in [1.29, 1.82) is 0 Å². The van der Waals surface area contributed by atoms with Crippen molar-refractivity contribution in [3.63, 3.8) is 0 Å². The van der Waals surface area contributed by atoms with E-state index in [0.717, 1.165) is 29.4 Å². The first-order valence-electron chi connectivity index (χ1n) is 8.22. The van der Waals surface area contributed by atoms with E-state index in [4.69, 9.17) is 11.6 Å². The molecule has 1 unspecified atom stereocenters. The third-order valence-corrected chi connectivity index (χ3v) is 5.16. The smallest absolute Gasteiger partial charge is 0.225 e. The first-order valence-corrected chi connectivity index (χ1v) is 8.59. The molecule has 2 amide bonds. The molecule has 2 aliphatic rings. The van der Waals surface area contributed by atoms with Gasteiger partial charge in [-0.15, -0.1) is 0 Å². The number of fused-ring (bicyclic) bond motifs is 1. The number of halogens is 1. The van der Waals surface area contributed by atoms with Crippen LogP contribution in [0.1, 0.15) is 25.0 Å². The predicted octanol–water partition coefficient (Wildman–Crippen LogP) is 1.85. The molecule has 1 atom stereocenters. The minimum Gasteiger partial charge on any atom is -0.350 e. The summed E-state index contributed by atoms with van der Waals surface area (Å²) in [5, 5.41) is 8.87. The van der Waals surface area contributed by atoms with E-state index >= 15 is 0 Å². The average molecular weight is 347 g/mol. The molecule has 126 valence electrons. The third-order valence-electron chi connectivity index (χ3n) is 4.85. The Hall–Kier alpha value is -2.08. The van der Waals surface area contributed by atoms with Gasteiger partial charge in [-0.05, 0) is 25.0 Å². The number of likely N-dealkylation sites (tertiary alicyclic amines) is 1. The van der Waals surface area contributed by atoms with Gasteiger partial charge >= 0.3 is 0 Å². The molecular weight excluding hydrogens is 328 g/mol. The van der Waals surface area contributed by atoms with Crippen LogP contribution in [0, 0.1) is 5.92 Å². The Morgan fingerprint density at radius 1 is 1.42 bits per heavy atom. The van der Waals surface area contributed by atoms with E-state index in [9.17, 15) is 9.59 Å². The summed E-state index contributed by atoms with van der Waals surface area (Å²) in [5.41, 5.74) is 1.68. The molecule has 1 saturated heterocycles. The monoisotopic (exact) mass is 346 g/mol. The highest BCUT2D eigenvalue weighted by Gasteiger charge is 2.41. The number of nitrogens with one attached hydrogen (secondary N) is 1. The van der Waals surface area contributed by atoms with Crippen LogP contribution in [0.4, 0.5) is 0 Å². The van der Waals surface area contributed by atoms with Gasteiger partial charge in [-0.3, -0.25) is 14.3 Å². The topological polar surface area (TPSA) is 67.2 Å². The van der Waals surface area contributed by atoms with Crippen molar-refractivity contribution in [3.05, 3.63) is 28.9 Å². The number of nitrogens with zero attached hydrogens (tertiary/aromatic N) is 3. The van der Waals surface area contributed by atoms with Gasteiger partial charge < -0.3 is 10.2 Å². The van der Waals surface area contributed by atoms with Crippen LogP contribution in [0.2, 0.25) is 5.02 Å². The van der Waals surface area contributed by atoms with Crippen molar-refractivity contribution in [3.8, 4) is 0 Å². The standard InChI is InChI=1S/C17H19ClN4O2/c1-21-14-4-2-3-12(18)16(14)13(20-21)8-19-17(24)10-7-15(23)22(9-10)11-5-6-11/h2-4,10-11H,5-9H2,1H3,(H,19,24). The number of carbonyl (C=O) groups excluding carboxylic acids is 2. The first kappa shape index (κ1) is 15.4. The molecule has 1 N–H and O–H groups in total. The molecule has 2 aromatic rings. The molecule has 0 radical (unpaired) electrons.